The van der Waals surface area contributed by atoms with E-state index in [1.54, 1.807) is 0 Å². The van der Waals surface area contributed by atoms with Crippen LogP contribution in [0.1, 0.15) is 75.6 Å². The number of nitrogens with zero attached hydrogens (tertiary/aromatic N) is 2. The van der Waals surface area contributed by atoms with Gasteiger partial charge in [0.2, 0.25) is 0 Å². The molecular weight excluding hydrogens is 624 g/mol. The molecule has 1 aromatic heterocycles. The van der Waals surface area contributed by atoms with Gasteiger partial charge >= 0.3 is 11.9 Å². The number of ether oxygens (including phenoxy) is 2. The number of hydrogen-bond donors (Lipinski definition) is 2. The van der Waals surface area contributed by atoms with Crippen molar-refractivity contribution in [1.82, 2.24) is 14.8 Å². The third kappa shape index (κ3) is 5.69. The van der Waals surface area contributed by atoms with E-state index in [2.05, 4.69) is 88.6 Å². The SMILES string of the molecule is CCC1=CCCN(CCc2c(C3(C(=O)OC)CCC(C(=O)OC)C4Nc5ccccc5C43CCN3CCC=C(CC)C3)[nH]c3ccccc23)C1. The second kappa shape index (κ2) is 14.4. The second-order valence-corrected chi connectivity index (χ2v) is 14.8. The van der Waals surface area contributed by atoms with Gasteiger partial charge in [0.15, 0.2) is 0 Å². The molecule has 50 heavy (non-hydrogen) atoms. The molecule has 2 aromatic carbocycles. The van der Waals surface area contributed by atoms with Crippen molar-refractivity contribution in [2.24, 2.45) is 5.92 Å². The normalized spacial score (nSPS) is 26.8. The van der Waals surface area contributed by atoms with Crippen molar-refractivity contribution in [2.45, 2.75) is 82.1 Å². The van der Waals surface area contributed by atoms with Gasteiger partial charge in [0.1, 0.15) is 5.41 Å². The van der Waals surface area contributed by atoms with Gasteiger partial charge in [-0.3, -0.25) is 19.4 Å². The van der Waals surface area contributed by atoms with Gasteiger partial charge < -0.3 is 19.8 Å². The molecule has 7 rings (SSSR count). The molecule has 0 saturated heterocycles. The van der Waals surface area contributed by atoms with Gasteiger partial charge in [-0.05, 0) is 81.2 Å². The van der Waals surface area contributed by atoms with Crippen LogP contribution in [0.4, 0.5) is 5.69 Å². The molecule has 0 radical (unpaired) electrons. The Labute approximate surface area is 297 Å². The molecule has 2 N–H and O–H groups in total. The maximum atomic E-state index is 15.1. The molecule has 8 heteroatoms. The first kappa shape index (κ1) is 34.6. The zero-order chi connectivity index (χ0) is 34.9. The summed E-state index contributed by atoms with van der Waals surface area (Å²) in [5.74, 6) is -0.883. The number of hydrogen-bond acceptors (Lipinski definition) is 7. The Bertz CT molecular complexity index is 1790. The van der Waals surface area contributed by atoms with Crippen molar-refractivity contribution >= 4 is 28.5 Å². The van der Waals surface area contributed by atoms with E-state index in [-0.39, 0.29) is 18.0 Å². The summed E-state index contributed by atoms with van der Waals surface area (Å²) in [5, 5.41) is 4.99. The van der Waals surface area contributed by atoms with Gasteiger partial charge in [0.05, 0.1) is 26.2 Å². The number of benzene rings is 2. The molecule has 1 saturated carbocycles. The number of carbonyl (C=O) groups excluding carboxylic acids is 2. The highest BCUT2D eigenvalue weighted by molar-refractivity contribution is 5.94. The Morgan fingerprint density at radius 2 is 1.56 bits per heavy atom. The first-order valence-electron chi connectivity index (χ1n) is 18.8. The summed E-state index contributed by atoms with van der Waals surface area (Å²) in [5.41, 5.74) is 6.33. The molecule has 4 heterocycles. The Balaban J connectivity index is 1.42. The number of anilines is 1. The smallest absolute Gasteiger partial charge is 0.318 e. The van der Waals surface area contributed by atoms with Crippen molar-refractivity contribution in [2.75, 3.05) is 58.8 Å². The molecule has 8 nitrogen and oxygen atoms in total. The zero-order valence-corrected chi connectivity index (χ0v) is 30.4. The van der Waals surface area contributed by atoms with E-state index in [1.165, 1.54) is 30.9 Å². The van der Waals surface area contributed by atoms with E-state index in [1.807, 2.05) is 6.07 Å². The molecule has 4 atom stereocenters. The third-order valence-corrected chi connectivity index (χ3v) is 12.5. The Hall–Kier alpha value is -3.88. The summed E-state index contributed by atoms with van der Waals surface area (Å²) in [6, 6.07) is 16.5. The number of aromatic nitrogens is 1. The quantitative estimate of drug-likeness (QED) is 0.168. The topological polar surface area (TPSA) is 86.9 Å². The van der Waals surface area contributed by atoms with E-state index >= 15 is 4.79 Å². The van der Waals surface area contributed by atoms with Gasteiger partial charge in [0, 0.05) is 60.4 Å². The number of aromatic amines is 1. The monoisotopic (exact) mass is 678 g/mol. The number of esters is 2. The molecule has 4 aliphatic rings. The van der Waals surface area contributed by atoms with E-state index in [0.29, 0.717) is 19.3 Å². The summed E-state index contributed by atoms with van der Waals surface area (Å²) in [4.78, 5) is 37.8. The minimum absolute atomic E-state index is 0.228. The van der Waals surface area contributed by atoms with E-state index < -0.39 is 16.7 Å². The van der Waals surface area contributed by atoms with Gasteiger partial charge in [-0.2, -0.15) is 0 Å². The average molecular weight is 679 g/mol. The Morgan fingerprint density at radius 3 is 2.26 bits per heavy atom. The van der Waals surface area contributed by atoms with Gasteiger partial charge in [0.25, 0.3) is 0 Å². The average Bonchev–Trinajstić information content (AvgIpc) is 3.72. The standard InChI is InChI=1S/C42H54N4O4/c1-5-29-13-11-23-45(27-29)25-20-32-31-15-7-9-17-35(31)43-37(32)42(40(48)50-4)21-19-33(39(47)49-3)38-41(42,34-16-8-10-18-36(34)44-38)22-26-46-24-12-14-30(6-2)28-46/h7-10,13-18,33,38,43-44H,5-6,11-12,19-28H2,1-4H3. The van der Waals surface area contributed by atoms with Crippen LogP contribution in [0.5, 0.6) is 0 Å². The lowest BCUT2D eigenvalue weighted by Crippen LogP contribution is -2.67. The highest BCUT2D eigenvalue weighted by Gasteiger charge is 2.70. The van der Waals surface area contributed by atoms with Crippen LogP contribution < -0.4 is 5.32 Å². The van der Waals surface area contributed by atoms with Crippen LogP contribution in [-0.4, -0.2) is 86.3 Å². The Morgan fingerprint density at radius 1 is 0.880 bits per heavy atom. The molecule has 0 amide bonds. The number of nitrogens with one attached hydrogen (secondary N) is 2. The highest BCUT2D eigenvalue weighted by Crippen LogP contribution is 2.63. The minimum Gasteiger partial charge on any atom is -0.469 e. The number of rotatable bonds is 11. The molecule has 4 unspecified atom stereocenters. The van der Waals surface area contributed by atoms with E-state index in [0.717, 1.165) is 99.2 Å². The summed E-state index contributed by atoms with van der Waals surface area (Å²) < 4.78 is 11.5. The summed E-state index contributed by atoms with van der Waals surface area (Å²) in [6.07, 6.45) is 11.5. The van der Waals surface area contributed by atoms with Crippen LogP contribution in [0.25, 0.3) is 10.9 Å². The van der Waals surface area contributed by atoms with Crippen molar-refractivity contribution in [3.05, 3.63) is 88.7 Å². The third-order valence-electron chi connectivity index (χ3n) is 12.5. The summed E-state index contributed by atoms with van der Waals surface area (Å²) in [6.45, 7) is 10.1. The number of para-hydroxylation sites is 2. The lowest BCUT2D eigenvalue weighted by Gasteiger charge is -2.55. The van der Waals surface area contributed by atoms with Crippen LogP contribution in [-0.2, 0) is 36.3 Å². The number of H-pyrrole nitrogens is 1. The molecule has 266 valence electrons. The summed E-state index contributed by atoms with van der Waals surface area (Å²) in [7, 11) is 3.02. The lowest BCUT2D eigenvalue weighted by molar-refractivity contribution is -0.160. The molecule has 0 spiro atoms. The first-order valence-corrected chi connectivity index (χ1v) is 18.8. The van der Waals surface area contributed by atoms with Crippen LogP contribution in [0.2, 0.25) is 0 Å². The fraction of sp³-hybridized carbons (Fsp3) is 0.524. The van der Waals surface area contributed by atoms with Gasteiger partial charge in [-0.1, -0.05) is 73.5 Å². The Kier molecular flexibility index (Phi) is 9.95. The van der Waals surface area contributed by atoms with E-state index in [4.69, 9.17) is 9.47 Å². The largest absolute Gasteiger partial charge is 0.469 e. The predicted molar refractivity (Wildman–Crippen MR) is 199 cm³/mol. The summed E-state index contributed by atoms with van der Waals surface area (Å²) >= 11 is 0. The van der Waals surface area contributed by atoms with Crippen LogP contribution >= 0.6 is 0 Å². The molecular formula is C42H54N4O4. The molecule has 1 aliphatic carbocycles. The van der Waals surface area contributed by atoms with Gasteiger partial charge in [-0.15, -0.1) is 0 Å². The minimum atomic E-state index is -1.08. The van der Waals surface area contributed by atoms with Crippen LogP contribution in [0.3, 0.4) is 0 Å². The number of carbonyl (C=O) groups is 2. The fourth-order valence-corrected chi connectivity index (χ4v) is 10.1. The lowest BCUT2D eigenvalue weighted by atomic mass is 9.47. The van der Waals surface area contributed by atoms with Crippen molar-refractivity contribution in [1.29, 1.82) is 0 Å². The number of methoxy groups -OCH3 is 2. The first-order chi connectivity index (χ1) is 24.4. The fourth-order valence-electron chi connectivity index (χ4n) is 10.1. The molecule has 0 bridgehead atoms. The highest BCUT2D eigenvalue weighted by atomic mass is 16.5. The van der Waals surface area contributed by atoms with Crippen molar-refractivity contribution in [3.63, 3.8) is 0 Å². The second-order valence-electron chi connectivity index (χ2n) is 14.8. The van der Waals surface area contributed by atoms with Crippen molar-refractivity contribution in [3.8, 4) is 0 Å². The van der Waals surface area contributed by atoms with Gasteiger partial charge in [-0.25, -0.2) is 0 Å². The predicted octanol–water partition coefficient (Wildman–Crippen LogP) is 6.91. The molecule has 1 fully saturated rings. The van der Waals surface area contributed by atoms with Crippen molar-refractivity contribution < 1.29 is 19.1 Å². The number of fused-ring (bicyclic) bond motifs is 4. The van der Waals surface area contributed by atoms with Crippen LogP contribution in [0.15, 0.2) is 71.8 Å². The van der Waals surface area contributed by atoms with E-state index in [9.17, 15) is 4.79 Å². The molecule has 3 aromatic rings. The van der Waals surface area contributed by atoms with Crippen LogP contribution in [0, 0.1) is 5.92 Å². The molecule has 3 aliphatic heterocycles. The maximum Gasteiger partial charge on any atom is 0.318 e. The maximum absolute atomic E-state index is 15.1. The zero-order valence-electron chi connectivity index (χ0n) is 30.4.